The molecule has 0 aromatic carbocycles. The van der Waals surface area contributed by atoms with Gasteiger partial charge in [0, 0.05) is 18.5 Å². The molecule has 0 aliphatic heterocycles. The van der Waals surface area contributed by atoms with Crippen LogP contribution in [-0.2, 0) is 11.2 Å². The molecule has 0 bridgehead atoms. The molecule has 1 rings (SSSR count). The van der Waals surface area contributed by atoms with Crippen molar-refractivity contribution in [3.8, 4) is 0 Å². The Labute approximate surface area is 116 Å². The van der Waals surface area contributed by atoms with Crippen molar-refractivity contribution in [2.45, 2.75) is 58.5 Å². The van der Waals surface area contributed by atoms with Crippen LogP contribution in [0.4, 0.5) is 0 Å². The van der Waals surface area contributed by atoms with Crippen LogP contribution in [0.1, 0.15) is 45.8 Å². The lowest BCUT2D eigenvalue weighted by atomic mass is 10.1. The zero-order valence-corrected chi connectivity index (χ0v) is 12.2. The molecule has 4 nitrogen and oxygen atoms in total. The van der Waals surface area contributed by atoms with Crippen LogP contribution in [0.2, 0.25) is 0 Å². The van der Waals surface area contributed by atoms with Crippen LogP contribution < -0.4 is 10.6 Å². The lowest BCUT2D eigenvalue weighted by Crippen LogP contribution is -2.41. The summed E-state index contributed by atoms with van der Waals surface area (Å²) >= 11 is 0. The van der Waals surface area contributed by atoms with E-state index in [0.717, 1.165) is 31.4 Å². The summed E-state index contributed by atoms with van der Waals surface area (Å²) in [6.07, 6.45) is 5.67. The van der Waals surface area contributed by atoms with E-state index in [4.69, 9.17) is 4.42 Å². The van der Waals surface area contributed by atoms with Crippen LogP contribution in [0.3, 0.4) is 0 Å². The fourth-order valence-electron chi connectivity index (χ4n) is 2.01. The van der Waals surface area contributed by atoms with Gasteiger partial charge in [0.25, 0.3) is 0 Å². The Balaban J connectivity index is 2.11. The molecule has 0 spiro atoms. The highest BCUT2D eigenvalue weighted by Crippen LogP contribution is 2.05. The summed E-state index contributed by atoms with van der Waals surface area (Å²) in [5.41, 5.74) is 0. The molecular weight excluding hydrogens is 240 g/mol. The second-order valence-corrected chi connectivity index (χ2v) is 5.16. The molecule has 0 saturated heterocycles. The van der Waals surface area contributed by atoms with Gasteiger partial charge in [0.2, 0.25) is 5.91 Å². The summed E-state index contributed by atoms with van der Waals surface area (Å²) in [6.45, 7) is 6.64. The lowest BCUT2D eigenvalue weighted by Gasteiger charge is -2.16. The molecule has 0 saturated carbocycles. The van der Waals surface area contributed by atoms with Gasteiger partial charge < -0.3 is 15.1 Å². The molecule has 0 fully saturated rings. The molecule has 19 heavy (non-hydrogen) atoms. The summed E-state index contributed by atoms with van der Waals surface area (Å²) in [4.78, 5) is 11.7. The number of nitrogens with one attached hydrogen (secondary N) is 2. The van der Waals surface area contributed by atoms with Gasteiger partial charge in [-0.15, -0.1) is 0 Å². The van der Waals surface area contributed by atoms with Crippen molar-refractivity contribution in [3.05, 3.63) is 24.2 Å². The third-order valence-electron chi connectivity index (χ3n) is 3.14. The number of carbonyl (C=O) groups excluding carboxylic acids is 1. The Kier molecular flexibility index (Phi) is 7.26. The van der Waals surface area contributed by atoms with Crippen molar-refractivity contribution in [3.63, 3.8) is 0 Å². The topological polar surface area (TPSA) is 54.3 Å². The van der Waals surface area contributed by atoms with Gasteiger partial charge in [-0.3, -0.25) is 4.79 Å². The van der Waals surface area contributed by atoms with E-state index in [9.17, 15) is 4.79 Å². The largest absolute Gasteiger partial charge is 0.469 e. The molecule has 2 unspecified atom stereocenters. The van der Waals surface area contributed by atoms with Gasteiger partial charge in [-0.2, -0.15) is 0 Å². The van der Waals surface area contributed by atoms with E-state index in [1.165, 1.54) is 0 Å². The van der Waals surface area contributed by atoms with Gasteiger partial charge in [0.05, 0.1) is 12.8 Å². The predicted octanol–water partition coefficient (Wildman–Crippen LogP) is 2.50. The summed E-state index contributed by atoms with van der Waals surface area (Å²) in [6, 6.07) is 4.44. The zero-order valence-electron chi connectivity index (χ0n) is 12.2. The van der Waals surface area contributed by atoms with Gasteiger partial charge in [-0.25, -0.2) is 0 Å². The number of amides is 1. The monoisotopic (exact) mass is 266 g/mol. The van der Waals surface area contributed by atoms with Crippen molar-refractivity contribution in [2.75, 3.05) is 6.54 Å². The Morgan fingerprint density at radius 2 is 2.11 bits per heavy atom. The highest BCUT2D eigenvalue weighted by atomic mass is 16.3. The molecule has 108 valence electrons. The zero-order chi connectivity index (χ0) is 14.1. The predicted molar refractivity (Wildman–Crippen MR) is 77.0 cm³/mol. The van der Waals surface area contributed by atoms with E-state index in [-0.39, 0.29) is 11.9 Å². The van der Waals surface area contributed by atoms with E-state index in [1.54, 1.807) is 6.26 Å². The van der Waals surface area contributed by atoms with Crippen LogP contribution in [0, 0.1) is 0 Å². The van der Waals surface area contributed by atoms with Gasteiger partial charge in [-0.05, 0) is 38.8 Å². The number of furan rings is 1. The molecule has 2 N–H and O–H groups in total. The third-order valence-corrected chi connectivity index (χ3v) is 3.14. The van der Waals surface area contributed by atoms with Crippen LogP contribution >= 0.6 is 0 Å². The Hall–Kier alpha value is -1.29. The highest BCUT2D eigenvalue weighted by Gasteiger charge is 2.09. The average molecular weight is 266 g/mol. The smallest absolute Gasteiger partial charge is 0.234 e. The molecule has 2 atom stereocenters. The minimum absolute atomic E-state index is 0.0748. The quantitative estimate of drug-likeness (QED) is 0.722. The van der Waals surface area contributed by atoms with E-state index in [1.807, 2.05) is 19.1 Å². The summed E-state index contributed by atoms with van der Waals surface area (Å²) in [5, 5.41) is 6.22. The molecule has 1 aromatic heterocycles. The Morgan fingerprint density at radius 3 is 2.74 bits per heavy atom. The molecule has 1 heterocycles. The number of rotatable bonds is 9. The van der Waals surface area contributed by atoms with E-state index >= 15 is 0 Å². The first-order valence-electron chi connectivity index (χ1n) is 7.17. The Bertz CT molecular complexity index is 349. The maximum absolute atomic E-state index is 11.7. The second kappa shape index (κ2) is 8.75. The van der Waals surface area contributed by atoms with Gasteiger partial charge in [-0.1, -0.05) is 13.3 Å². The second-order valence-electron chi connectivity index (χ2n) is 5.16. The maximum Gasteiger partial charge on any atom is 0.234 e. The highest BCUT2D eigenvalue weighted by molar-refractivity contribution is 5.78. The van der Waals surface area contributed by atoms with Crippen molar-refractivity contribution < 1.29 is 9.21 Å². The molecule has 1 aromatic rings. The summed E-state index contributed by atoms with van der Waals surface area (Å²) in [7, 11) is 0. The first-order valence-corrected chi connectivity index (χ1v) is 7.17. The fraction of sp³-hybridized carbons (Fsp3) is 0.667. The summed E-state index contributed by atoms with van der Waals surface area (Å²) < 4.78 is 5.28. The number of hydrogen-bond acceptors (Lipinski definition) is 3. The van der Waals surface area contributed by atoms with E-state index in [0.29, 0.717) is 12.6 Å². The maximum atomic E-state index is 11.7. The molecule has 0 aliphatic carbocycles. The normalized spacial score (nSPS) is 14.1. The molecule has 4 heteroatoms. The molecule has 0 radical (unpaired) electrons. The fourth-order valence-corrected chi connectivity index (χ4v) is 2.01. The lowest BCUT2D eigenvalue weighted by molar-refractivity contribution is -0.121. The Morgan fingerprint density at radius 1 is 1.32 bits per heavy atom. The molecule has 0 aliphatic rings. The SMILES string of the molecule is CCCC(C)NC(=O)CNC(C)CCc1ccco1. The standard InChI is InChI=1S/C15H26N2O2/c1-4-6-13(3)17-15(18)11-16-12(2)8-9-14-7-5-10-19-14/h5,7,10,12-13,16H,4,6,8-9,11H2,1-3H3,(H,17,18). The summed E-state index contributed by atoms with van der Waals surface area (Å²) in [5.74, 6) is 1.07. The first kappa shape index (κ1) is 15.8. The van der Waals surface area contributed by atoms with Crippen LogP contribution in [0.5, 0.6) is 0 Å². The molecular formula is C15H26N2O2. The van der Waals surface area contributed by atoms with Gasteiger partial charge >= 0.3 is 0 Å². The molecule has 1 amide bonds. The van der Waals surface area contributed by atoms with Crippen molar-refractivity contribution in [2.24, 2.45) is 0 Å². The van der Waals surface area contributed by atoms with Crippen molar-refractivity contribution in [1.29, 1.82) is 0 Å². The van der Waals surface area contributed by atoms with E-state index < -0.39 is 0 Å². The third kappa shape index (κ3) is 7.01. The average Bonchev–Trinajstić information content (AvgIpc) is 2.87. The van der Waals surface area contributed by atoms with E-state index in [2.05, 4.69) is 24.5 Å². The van der Waals surface area contributed by atoms with Crippen LogP contribution in [0.15, 0.2) is 22.8 Å². The minimum Gasteiger partial charge on any atom is -0.469 e. The van der Waals surface area contributed by atoms with Crippen molar-refractivity contribution in [1.82, 2.24) is 10.6 Å². The first-order chi connectivity index (χ1) is 9.11. The van der Waals surface area contributed by atoms with Gasteiger partial charge in [0.1, 0.15) is 5.76 Å². The number of hydrogen-bond donors (Lipinski definition) is 2. The number of aryl methyl sites for hydroxylation is 1. The minimum atomic E-state index is 0.0748. The van der Waals surface area contributed by atoms with Crippen molar-refractivity contribution >= 4 is 5.91 Å². The number of carbonyl (C=O) groups is 1. The van der Waals surface area contributed by atoms with Crippen LogP contribution in [-0.4, -0.2) is 24.5 Å². The van der Waals surface area contributed by atoms with Crippen LogP contribution in [0.25, 0.3) is 0 Å². The van der Waals surface area contributed by atoms with Gasteiger partial charge in [0.15, 0.2) is 0 Å².